The molecular formula is C21H28N4O2. The number of aromatic nitrogens is 2. The molecule has 2 fully saturated rings. The monoisotopic (exact) mass is 368 g/mol. The highest BCUT2D eigenvalue weighted by Crippen LogP contribution is 2.27. The summed E-state index contributed by atoms with van der Waals surface area (Å²) in [6, 6.07) is 8.30. The van der Waals surface area contributed by atoms with Crippen molar-refractivity contribution in [1.29, 1.82) is 0 Å². The standard InChI is InChI=1S/C21H28N4O2/c1-15-21(24-19-5-3-2-4-18(19)22-15)25-10-6-16(7-11-25)14-20(26)23-17-8-12-27-13-9-17/h2-5,16-17H,6-14H2,1H3,(H,23,26). The van der Waals surface area contributed by atoms with Crippen LogP contribution in [0.15, 0.2) is 24.3 Å². The lowest BCUT2D eigenvalue weighted by Gasteiger charge is -2.33. The fourth-order valence-corrected chi connectivity index (χ4v) is 4.12. The van der Waals surface area contributed by atoms with E-state index in [1.165, 1.54) is 0 Å². The summed E-state index contributed by atoms with van der Waals surface area (Å²) in [5.41, 5.74) is 2.86. The molecule has 1 aromatic heterocycles. The summed E-state index contributed by atoms with van der Waals surface area (Å²) in [6.45, 7) is 5.42. The highest BCUT2D eigenvalue weighted by molar-refractivity contribution is 5.77. The number of carbonyl (C=O) groups is 1. The Morgan fingerprint density at radius 3 is 2.48 bits per heavy atom. The number of piperidine rings is 1. The average Bonchev–Trinajstić information content (AvgIpc) is 2.69. The average molecular weight is 368 g/mol. The first-order chi connectivity index (χ1) is 13.2. The largest absolute Gasteiger partial charge is 0.381 e. The molecule has 2 saturated heterocycles. The van der Waals surface area contributed by atoms with Crippen LogP contribution in [0.1, 0.15) is 37.8 Å². The molecular weight excluding hydrogens is 340 g/mol. The van der Waals surface area contributed by atoms with Crippen molar-refractivity contribution >= 4 is 22.8 Å². The van der Waals surface area contributed by atoms with Gasteiger partial charge in [-0.1, -0.05) is 12.1 Å². The van der Waals surface area contributed by atoms with E-state index in [0.29, 0.717) is 18.4 Å². The topological polar surface area (TPSA) is 67.4 Å². The van der Waals surface area contributed by atoms with Gasteiger partial charge in [-0.15, -0.1) is 0 Å². The van der Waals surface area contributed by atoms with Crippen molar-refractivity contribution < 1.29 is 9.53 Å². The van der Waals surface area contributed by atoms with Crippen LogP contribution in [-0.4, -0.2) is 48.2 Å². The van der Waals surface area contributed by atoms with Gasteiger partial charge >= 0.3 is 0 Å². The van der Waals surface area contributed by atoms with Crippen molar-refractivity contribution in [3.63, 3.8) is 0 Å². The second-order valence-corrected chi connectivity index (χ2v) is 7.71. The molecule has 3 heterocycles. The molecule has 2 aliphatic rings. The Balaban J connectivity index is 1.32. The predicted molar refractivity (Wildman–Crippen MR) is 106 cm³/mol. The van der Waals surface area contributed by atoms with Crippen molar-refractivity contribution in [2.24, 2.45) is 5.92 Å². The quantitative estimate of drug-likeness (QED) is 0.899. The zero-order chi connectivity index (χ0) is 18.6. The van der Waals surface area contributed by atoms with E-state index >= 15 is 0 Å². The molecule has 0 saturated carbocycles. The lowest BCUT2D eigenvalue weighted by molar-refractivity contribution is -0.123. The maximum Gasteiger partial charge on any atom is 0.220 e. The summed E-state index contributed by atoms with van der Waals surface area (Å²) in [6.07, 6.45) is 4.55. The third-order valence-corrected chi connectivity index (χ3v) is 5.69. The molecule has 0 bridgehead atoms. The molecule has 6 nitrogen and oxygen atoms in total. The van der Waals surface area contributed by atoms with Crippen LogP contribution in [0.3, 0.4) is 0 Å². The molecule has 2 aromatic rings. The Kier molecular flexibility index (Phi) is 5.53. The van der Waals surface area contributed by atoms with Crippen LogP contribution in [0, 0.1) is 12.8 Å². The lowest BCUT2D eigenvalue weighted by atomic mass is 9.93. The number of nitrogens with zero attached hydrogens (tertiary/aromatic N) is 3. The number of nitrogens with one attached hydrogen (secondary N) is 1. The van der Waals surface area contributed by atoms with E-state index in [4.69, 9.17) is 14.7 Å². The minimum absolute atomic E-state index is 0.196. The molecule has 2 aliphatic heterocycles. The number of aryl methyl sites for hydroxylation is 1. The van der Waals surface area contributed by atoms with Crippen LogP contribution in [0.25, 0.3) is 11.0 Å². The van der Waals surface area contributed by atoms with Crippen molar-refractivity contribution in [2.75, 3.05) is 31.2 Å². The van der Waals surface area contributed by atoms with Crippen molar-refractivity contribution in [2.45, 2.75) is 45.1 Å². The van der Waals surface area contributed by atoms with E-state index < -0.39 is 0 Å². The third-order valence-electron chi connectivity index (χ3n) is 5.69. The van der Waals surface area contributed by atoms with E-state index in [-0.39, 0.29) is 5.91 Å². The first-order valence-corrected chi connectivity index (χ1v) is 10.0. The van der Waals surface area contributed by atoms with Gasteiger partial charge in [-0.3, -0.25) is 4.79 Å². The summed E-state index contributed by atoms with van der Waals surface area (Å²) in [5.74, 6) is 1.63. The SMILES string of the molecule is Cc1nc2ccccc2nc1N1CCC(CC(=O)NC2CCOCC2)CC1. The second kappa shape index (κ2) is 8.21. The van der Waals surface area contributed by atoms with Gasteiger partial charge in [0, 0.05) is 38.8 Å². The van der Waals surface area contributed by atoms with Gasteiger partial charge in [0.15, 0.2) is 5.82 Å². The highest BCUT2D eigenvalue weighted by Gasteiger charge is 2.25. The maximum absolute atomic E-state index is 12.3. The van der Waals surface area contributed by atoms with Crippen molar-refractivity contribution in [3.05, 3.63) is 30.0 Å². The van der Waals surface area contributed by atoms with Gasteiger partial charge in [0.1, 0.15) is 0 Å². The normalized spacial score (nSPS) is 19.4. The lowest BCUT2D eigenvalue weighted by Crippen LogP contribution is -2.41. The number of carbonyl (C=O) groups excluding carboxylic acids is 1. The highest BCUT2D eigenvalue weighted by atomic mass is 16.5. The number of benzene rings is 1. The summed E-state index contributed by atoms with van der Waals surface area (Å²) < 4.78 is 5.35. The van der Waals surface area contributed by atoms with Crippen LogP contribution in [0.2, 0.25) is 0 Å². The minimum atomic E-state index is 0.196. The number of hydrogen-bond donors (Lipinski definition) is 1. The van der Waals surface area contributed by atoms with Gasteiger partial charge < -0.3 is 15.0 Å². The van der Waals surface area contributed by atoms with Crippen LogP contribution in [0.5, 0.6) is 0 Å². The first-order valence-electron chi connectivity index (χ1n) is 10.0. The molecule has 0 aliphatic carbocycles. The maximum atomic E-state index is 12.3. The Morgan fingerprint density at radius 2 is 1.78 bits per heavy atom. The summed E-state index contributed by atoms with van der Waals surface area (Å²) in [7, 11) is 0. The number of fused-ring (bicyclic) bond motifs is 1. The van der Waals surface area contributed by atoms with E-state index in [1.807, 2.05) is 31.2 Å². The van der Waals surface area contributed by atoms with Crippen molar-refractivity contribution in [1.82, 2.24) is 15.3 Å². The first kappa shape index (κ1) is 18.2. The molecule has 0 radical (unpaired) electrons. The summed E-state index contributed by atoms with van der Waals surface area (Å²) in [5, 5.41) is 3.18. The number of amides is 1. The van der Waals surface area contributed by atoms with Gasteiger partial charge in [0.2, 0.25) is 5.91 Å². The van der Waals surface area contributed by atoms with Gasteiger partial charge in [-0.05, 0) is 50.7 Å². The molecule has 144 valence electrons. The van der Waals surface area contributed by atoms with E-state index in [0.717, 1.165) is 74.5 Å². The van der Waals surface area contributed by atoms with Crippen LogP contribution >= 0.6 is 0 Å². The number of para-hydroxylation sites is 2. The van der Waals surface area contributed by atoms with E-state index in [9.17, 15) is 4.79 Å². The van der Waals surface area contributed by atoms with Crippen molar-refractivity contribution in [3.8, 4) is 0 Å². The zero-order valence-corrected chi connectivity index (χ0v) is 16.0. The number of hydrogen-bond acceptors (Lipinski definition) is 5. The number of ether oxygens (including phenoxy) is 1. The Bertz CT molecular complexity index is 796. The van der Waals surface area contributed by atoms with Gasteiger partial charge in [-0.25, -0.2) is 9.97 Å². The molecule has 6 heteroatoms. The molecule has 0 spiro atoms. The summed E-state index contributed by atoms with van der Waals surface area (Å²) >= 11 is 0. The molecule has 0 unspecified atom stereocenters. The third kappa shape index (κ3) is 4.38. The Labute approximate surface area is 160 Å². The molecule has 1 aromatic carbocycles. The number of rotatable bonds is 4. The van der Waals surface area contributed by atoms with Crippen LogP contribution < -0.4 is 10.2 Å². The smallest absolute Gasteiger partial charge is 0.220 e. The zero-order valence-electron chi connectivity index (χ0n) is 16.0. The minimum Gasteiger partial charge on any atom is -0.381 e. The van der Waals surface area contributed by atoms with Gasteiger partial charge in [0.05, 0.1) is 16.7 Å². The van der Waals surface area contributed by atoms with Gasteiger partial charge in [-0.2, -0.15) is 0 Å². The van der Waals surface area contributed by atoms with E-state index in [2.05, 4.69) is 10.2 Å². The molecule has 1 amide bonds. The Hall–Kier alpha value is -2.21. The molecule has 27 heavy (non-hydrogen) atoms. The second-order valence-electron chi connectivity index (χ2n) is 7.71. The van der Waals surface area contributed by atoms with Crippen LogP contribution in [-0.2, 0) is 9.53 Å². The summed E-state index contributed by atoms with van der Waals surface area (Å²) in [4.78, 5) is 24.2. The predicted octanol–water partition coefficient (Wildman–Crippen LogP) is 2.84. The molecule has 4 rings (SSSR count). The Morgan fingerprint density at radius 1 is 1.11 bits per heavy atom. The fraction of sp³-hybridized carbons (Fsp3) is 0.571. The number of anilines is 1. The fourth-order valence-electron chi connectivity index (χ4n) is 4.12. The molecule has 1 N–H and O–H groups in total. The van der Waals surface area contributed by atoms with Gasteiger partial charge in [0.25, 0.3) is 0 Å². The molecule has 0 atom stereocenters. The van der Waals surface area contributed by atoms with Crippen LogP contribution in [0.4, 0.5) is 5.82 Å². The van der Waals surface area contributed by atoms with E-state index in [1.54, 1.807) is 0 Å².